The van der Waals surface area contributed by atoms with Crippen molar-refractivity contribution in [2.45, 2.75) is 38.7 Å². The Hall–Kier alpha value is -1.53. The first-order valence-electron chi connectivity index (χ1n) is 6.62. The third-order valence-electron chi connectivity index (χ3n) is 3.72. The molecule has 0 amide bonds. The fraction of sp³-hybridized carbons (Fsp3) is 0.533. The van der Waals surface area contributed by atoms with E-state index < -0.39 is 0 Å². The highest BCUT2D eigenvalue weighted by molar-refractivity contribution is 5.62. The molecule has 2 N–H and O–H groups in total. The first-order valence-corrected chi connectivity index (χ1v) is 6.62. The van der Waals surface area contributed by atoms with Gasteiger partial charge in [0.05, 0.1) is 17.4 Å². The van der Waals surface area contributed by atoms with Crippen molar-refractivity contribution in [3.8, 4) is 6.07 Å². The van der Waals surface area contributed by atoms with Crippen molar-refractivity contribution < 1.29 is 5.11 Å². The SMILES string of the molecule is Cc1cccc(C#N)c1NCC1CCCC(O)C1. The average molecular weight is 244 g/mol. The lowest BCUT2D eigenvalue weighted by atomic mass is 9.87. The number of benzene rings is 1. The quantitative estimate of drug-likeness (QED) is 0.859. The molecule has 3 heteroatoms. The van der Waals surface area contributed by atoms with Crippen LogP contribution in [0, 0.1) is 24.2 Å². The summed E-state index contributed by atoms with van der Waals surface area (Å²) in [4.78, 5) is 0. The second-order valence-corrected chi connectivity index (χ2v) is 5.18. The van der Waals surface area contributed by atoms with Gasteiger partial charge in [0.15, 0.2) is 0 Å². The predicted octanol–water partition coefficient (Wildman–Crippen LogP) is 2.83. The van der Waals surface area contributed by atoms with Crippen LogP contribution in [0.15, 0.2) is 18.2 Å². The van der Waals surface area contributed by atoms with Gasteiger partial charge in [0.25, 0.3) is 0 Å². The maximum absolute atomic E-state index is 9.65. The Labute approximate surface area is 108 Å². The van der Waals surface area contributed by atoms with Crippen molar-refractivity contribution in [1.29, 1.82) is 5.26 Å². The largest absolute Gasteiger partial charge is 0.393 e. The van der Waals surface area contributed by atoms with Crippen LogP contribution in [0.25, 0.3) is 0 Å². The highest BCUT2D eigenvalue weighted by Gasteiger charge is 2.20. The van der Waals surface area contributed by atoms with E-state index in [1.807, 2.05) is 25.1 Å². The van der Waals surface area contributed by atoms with Crippen LogP contribution in [0.4, 0.5) is 5.69 Å². The highest BCUT2D eigenvalue weighted by Crippen LogP contribution is 2.26. The number of nitrogens with zero attached hydrogens (tertiary/aromatic N) is 1. The number of aryl methyl sites for hydroxylation is 1. The lowest BCUT2D eigenvalue weighted by Crippen LogP contribution is -2.25. The lowest BCUT2D eigenvalue weighted by molar-refractivity contribution is 0.105. The van der Waals surface area contributed by atoms with Crippen LogP contribution < -0.4 is 5.32 Å². The Morgan fingerprint density at radius 3 is 3.00 bits per heavy atom. The molecule has 96 valence electrons. The molecular formula is C15H20N2O. The van der Waals surface area contributed by atoms with Crippen LogP contribution in [-0.2, 0) is 0 Å². The second-order valence-electron chi connectivity index (χ2n) is 5.18. The number of para-hydroxylation sites is 1. The minimum atomic E-state index is -0.141. The average Bonchev–Trinajstić information content (AvgIpc) is 2.37. The number of nitrogens with one attached hydrogen (secondary N) is 1. The molecule has 2 rings (SSSR count). The van der Waals surface area contributed by atoms with E-state index in [1.165, 1.54) is 0 Å². The van der Waals surface area contributed by atoms with Gasteiger partial charge in [-0.3, -0.25) is 0 Å². The van der Waals surface area contributed by atoms with Crippen LogP contribution in [0.2, 0.25) is 0 Å². The minimum absolute atomic E-state index is 0.141. The van der Waals surface area contributed by atoms with Gasteiger partial charge in [-0.15, -0.1) is 0 Å². The Kier molecular flexibility index (Phi) is 4.22. The molecule has 0 spiro atoms. The number of anilines is 1. The van der Waals surface area contributed by atoms with Crippen molar-refractivity contribution in [1.82, 2.24) is 0 Å². The van der Waals surface area contributed by atoms with Crippen molar-refractivity contribution in [2.24, 2.45) is 5.92 Å². The molecule has 1 fully saturated rings. The Morgan fingerprint density at radius 2 is 2.28 bits per heavy atom. The number of hydrogen-bond acceptors (Lipinski definition) is 3. The molecule has 1 aromatic rings. The molecule has 0 aliphatic heterocycles. The molecule has 1 aliphatic rings. The van der Waals surface area contributed by atoms with Crippen LogP contribution in [0.1, 0.15) is 36.8 Å². The summed E-state index contributed by atoms with van der Waals surface area (Å²) < 4.78 is 0. The van der Waals surface area contributed by atoms with Gasteiger partial charge in [-0.2, -0.15) is 5.26 Å². The molecule has 2 unspecified atom stereocenters. The van der Waals surface area contributed by atoms with Gasteiger partial charge in [0.2, 0.25) is 0 Å². The molecule has 1 aliphatic carbocycles. The number of aliphatic hydroxyl groups excluding tert-OH is 1. The Bertz CT molecular complexity index is 450. The van der Waals surface area contributed by atoms with Crippen LogP contribution in [-0.4, -0.2) is 17.8 Å². The third-order valence-corrected chi connectivity index (χ3v) is 3.72. The summed E-state index contributed by atoms with van der Waals surface area (Å²) in [5.41, 5.74) is 2.75. The van der Waals surface area contributed by atoms with E-state index in [4.69, 9.17) is 5.26 Å². The predicted molar refractivity (Wildman–Crippen MR) is 72.3 cm³/mol. The van der Waals surface area contributed by atoms with E-state index in [9.17, 15) is 5.11 Å². The van der Waals surface area contributed by atoms with E-state index in [-0.39, 0.29) is 6.10 Å². The normalized spacial score (nSPS) is 23.4. The topological polar surface area (TPSA) is 56.0 Å². The molecule has 1 aromatic carbocycles. The zero-order valence-corrected chi connectivity index (χ0v) is 10.8. The van der Waals surface area contributed by atoms with Crippen molar-refractivity contribution in [3.05, 3.63) is 29.3 Å². The minimum Gasteiger partial charge on any atom is -0.393 e. The molecule has 2 atom stereocenters. The van der Waals surface area contributed by atoms with Crippen molar-refractivity contribution >= 4 is 5.69 Å². The highest BCUT2D eigenvalue weighted by atomic mass is 16.3. The van der Waals surface area contributed by atoms with Gasteiger partial charge in [-0.25, -0.2) is 0 Å². The number of rotatable bonds is 3. The van der Waals surface area contributed by atoms with Crippen molar-refractivity contribution in [2.75, 3.05) is 11.9 Å². The van der Waals surface area contributed by atoms with Crippen LogP contribution >= 0.6 is 0 Å². The molecule has 18 heavy (non-hydrogen) atoms. The second kappa shape index (κ2) is 5.88. The van der Waals surface area contributed by atoms with E-state index in [2.05, 4.69) is 11.4 Å². The number of hydrogen-bond donors (Lipinski definition) is 2. The maximum Gasteiger partial charge on any atom is 0.101 e. The summed E-state index contributed by atoms with van der Waals surface area (Å²) >= 11 is 0. The zero-order chi connectivity index (χ0) is 13.0. The molecular weight excluding hydrogens is 224 g/mol. The lowest BCUT2D eigenvalue weighted by Gasteiger charge is -2.26. The Morgan fingerprint density at radius 1 is 1.44 bits per heavy atom. The molecule has 0 saturated heterocycles. The number of aliphatic hydroxyl groups is 1. The first-order chi connectivity index (χ1) is 8.70. The maximum atomic E-state index is 9.65. The number of nitriles is 1. The summed E-state index contributed by atoms with van der Waals surface area (Å²) in [6, 6.07) is 7.98. The summed E-state index contributed by atoms with van der Waals surface area (Å²) in [6.07, 6.45) is 3.94. The Balaban J connectivity index is 2.00. The zero-order valence-electron chi connectivity index (χ0n) is 10.8. The summed E-state index contributed by atoms with van der Waals surface area (Å²) in [5, 5.41) is 22.1. The van der Waals surface area contributed by atoms with Gasteiger partial charge in [0, 0.05) is 6.54 Å². The summed E-state index contributed by atoms with van der Waals surface area (Å²) in [6.45, 7) is 2.86. The fourth-order valence-corrected chi connectivity index (χ4v) is 2.69. The van der Waals surface area contributed by atoms with Crippen LogP contribution in [0.3, 0.4) is 0 Å². The van der Waals surface area contributed by atoms with Gasteiger partial charge >= 0.3 is 0 Å². The fourth-order valence-electron chi connectivity index (χ4n) is 2.69. The first kappa shape index (κ1) is 12.9. The standard InChI is InChI=1S/C15H20N2O/c1-11-4-2-6-13(9-16)15(11)17-10-12-5-3-7-14(18)8-12/h2,4,6,12,14,17-18H,3,5,7-8,10H2,1H3. The summed E-state index contributed by atoms with van der Waals surface area (Å²) in [7, 11) is 0. The van der Waals surface area contributed by atoms with Crippen molar-refractivity contribution in [3.63, 3.8) is 0 Å². The molecule has 3 nitrogen and oxygen atoms in total. The molecule has 0 heterocycles. The van der Waals surface area contributed by atoms with E-state index in [1.54, 1.807) is 0 Å². The molecule has 0 bridgehead atoms. The van der Waals surface area contributed by atoms with E-state index in [0.29, 0.717) is 11.5 Å². The third kappa shape index (κ3) is 3.02. The summed E-state index contributed by atoms with van der Waals surface area (Å²) in [5.74, 6) is 0.514. The molecule has 0 aromatic heterocycles. The van der Waals surface area contributed by atoms with Crippen LogP contribution in [0.5, 0.6) is 0 Å². The van der Waals surface area contributed by atoms with Gasteiger partial charge in [0.1, 0.15) is 6.07 Å². The van der Waals surface area contributed by atoms with Gasteiger partial charge < -0.3 is 10.4 Å². The monoisotopic (exact) mass is 244 g/mol. The van der Waals surface area contributed by atoms with E-state index >= 15 is 0 Å². The molecule has 1 saturated carbocycles. The van der Waals surface area contributed by atoms with Gasteiger partial charge in [-0.05, 0) is 43.7 Å². The van der Waals surface area contributed by atoms with E-state index in [0.717, 1.165) is 43.5 Å². The smallest absolute Gasteiger partial charge is 0.101 e. The van der Waals surface area contributed by atoms with Gasteiger partial charge in [-0.1, -0.05) is 18.6 Å². The molecule has 0 radical (unpaired) electrons.